The molecule has 12 nitrogen and oxygen atoms in total. The van der Waals surface area contributed by atoms with Crippen molar-refractivity contribution in [3.8, 4) is 11.3 Å². The molecule has 3 heterocycles. The van der Waals surface area contributed by atoms with E-state index in [4.69, 9.17) is 0 Å². The van der Waals surface area contributed by atoms with E-state index < -0.39 is 15.5 Å². The number of hydrogen-bond donors (Lipinski definition) is 2. The van der Waals surface area contributed by atoms with Gasteiger partial charge < -0.3 is 10.3 Å². The molecule has 0 saturated heterocycles. The lowest BCUT2D eigenvalue weighted by Gasteiger charge is -2.12. The molecule has 0 bridgehead atoms. The Morgan fingerprint density at radius 2 is 1.97 bits per heavy atom. The van der Waals surface area contributed by atoms with Gasteiger partial charge in [0.1, 0.15) is 5.69 Å². The van der Waals surface area contributed by atoms with E-state index in [1.807, 2.05) is 0 Å². The fourth-order valence-corrected chi connectivity index (χ4v) is 3.39. The van der Waals surface area contributed by atoms with Gasteiger partial charge in [-0.05, 0) is 24.3 Å². The van der Waals surface area contributed by atoms with Gasteiger partial charge in [0.05, 0.1) is 33.4 Å². The van der Waals surface area contributed by atoms with E-state index in [1.54, 1.807) is 24.4 Å². The van der Waals surface area contributed by atoms with Crippen molar-refractivity contribution < 1.29 is 14.6 Å². The van der Waals surface area contributed by atoms with Crippen molar-refractivity contribution in [1.29, 1.82) is 0 Å². The van der Waals surface area contributed by atoms with Crippen molar-refractivity contribution in [3.05, 3.63) is 79.8 Å². The van der Waals surface area contributed by atoms with Gasteiger partial charge in [-0.2, -0.15) is 5.10 Å². The molecular formula is C20H17N7O5. The van der Waals surface area contributed by atoms with Crippen molar-refractivity contribution in [2.45, 2.75) is 6.42 Å². The summed E-state index contributed by atoms with van der Waals surface area (Å²) in [4.78, 5) is 40.3. The largest absolute Gasteiger partial charge is 0.358 e. The van der Waals surface area contributed by atoms with Crippen LogP contribution in [-0.2, 0) is 6.42 Å². The van der Waals surface area contributed by atoms with Crippen LogP contribution in [0.2, 0.25) is 0 Å². The second kappa shape index (κ2) is 8.26. The summed E-state index contributed by atoms with van der Waals surface area (Å²) in [7, 11) is 1.49. The second-order valence-corrected chi connectivity index (χ2v) is 7.01. The summed E-state index contributed by atoms with van der Waals surface area (Å²) >= 11 is 0. The number of aromatic nitrogens is 2. The predicted octanol–water partition coefficient (Wildman–Crippen LogP) is 2.65. The number of nitro benzene ring substituents is 2. The number of carbonyl (C=O) groups excluding carboxylic acids is 1. The highest BCUT2D eigenvalue weighted by molar-refractivity contribution is 5.97. The van der Waals surface area contributed by atoms with E-state index in [1.165, 1.54) is 30.4 Å². The van der Waals surface area contributed by atoms with Gasteiger partial charge in [-0.25, -0.2) is 0 Å². The maximum Gasteiger partial charge on any atom is 0.301 e. The number of pyridine rings is 1. The average molecular weight is 435 g/mol. The van der Waals surface area contributed by atoms with Crippen molar-refractivity contribution in [1.82, 2.24) is 15.3 Å². The lowest BCUT2D eigenvalue weighted by atomic mass is 10.1. The van der Waals surface area contributed by atoms with Crippen LogP contribution >= 0.6 is 0 Å². The lowest BCUT2D eigenvalue weighted by Crippen LogP contribution is -2.31. The minimum atomic E-state index is -0.698. The molecule has 1 amide bonds. The number of anilines is 1. The van der Waals surface area contributed by atoms with Crippen LogP contribution in [0.25, 0.3) is 11.3 Å². The standard InChI is InChI=1S/C20H17N7O5/c1-25(18-3-2-14(26(29)30)9-19(18)27(31)32)23-11-13-8-12(4-6-21-13)17-10-15-16(24-17)5-7-22-20(15)28/h2-4,6,8-11,24H,5,7H2,1H3,(H,22,28). The smallest absolute Gasteiger partial charge is 0.301 e. The number of nitro groups is 2. The Balaban J connectivity index is 1.59. The quantitative estimate of drug-likeness (QED) is 0.342. The zero-order chi connectivity index (χ0) is 22.8. The Bertz CT molecular complexity index is 1270. The fraction of sp³-hybridized carbons (Fsp3) is 0.150. The Morgan fingerprint density at radius 1 is 1.16 bits per heavy atom. The minimum absolute atomic E-state index is 0.0936. The van der Waals surface area contributed by atoms with Gasteiger partial charge in [-0.15, -0.1) is 0 Å². The van der Waals surface area contributed by atoms with Crippen molar-refractivity contribution in [2.75, 3.05) is 18.6 Å². The highest BCUT2D eigenvalue weighted by atomic mass is 16.6. The van der Waals surface area contributed by atoms with E-state index in [2.05, 4.69) is 20.4 Å². The average Bonchev–Trinajstić information content (AvgIpc) is 3.23. The number of hydrogen-bond acceptors (Lipinski definition) is 8. The zero-order valence-corrected chi connectivity index (χ0v) is 16.8. The van der Waals surface area contributed by atoms with E-state index >= 15 is 0 Å². The van der Waals surface area contributed by atoms with Crippen LogP contribution in [-0.4, -0.2) is 45.5 Å². The lowest BCUT2D eigenvalue weighted by molar-refractivity contribution is -0.393. The number of fused-ring (bicyclic) bond motifs is 1. The molecule has 0 saturated carbocycles. The van der Waals surface area contributed by atoms with Gasteiger partial charge in [0.15, 0.2) is 0 Å². The summed E-state index contributed by atoms with van der Waals surface area (Å²) in [5.41, 5.74) is 2.82. The first-order chi connectivity index (χ1) is 15.3. The van der Waals surface area contributed by atoms with Crippen LogP contribution in [0.5, 0.6) is 0 Å². The molecular weight excluding hydrogens is 418 g/mol. The summed E-state index contributed by atoms with van der Waals surface area (Å²) in [6.07, 6.45) is 3.73. The molecule has 162 valence electrons. The Kier molecular flexibility index (Phi) is 5.33. The zero-order valence-electron chi connectivity index (χ0n) is 16.8. The highest BCUT2D eigenvalue weighted by Crippen LogP contribution is 2.31. The molecule has 1 aliphatic rings. The molecule has 12 heteroatoms. The molecule has 1 aromatic carbocycles. The van der Waals surface area contributed by atoms with E-state index in [-0.39, 0.29) is 17.3 Å². The van der Waals surface area contributed by atoms with Crippen LogP contribution in [0, 0.1) is 20.2 Å². The number of benzene rings is 1. The number of H-pyrrole nitrogens is 1. The third kappa shape index (κ3) is 4.01. The van der Waals surface area contributed by atoms with Gasteiger partial charge in [0, 0.05) is 49.2 Å². The number of nitrogens with zero attached hydrogens (tertiary/aromatic N) is 5. The molecule has 0 aliphatic carbocycles. The molecule has 0 atom stereocenters. The molecule has 32 heavy (non-hydrogen) atoms. The van der Waals surface area contributed by atoms with Gasteiger partial charge in [0.2, 0.25) is 0 Å². The van der Waals surface area contributed by atoms with Crippen LogP contribution in [0.1, 0.15) is 21.7 Å². The fourth-order valence-electron chi connectivity index (χ4n) is 3.39. The number of amides is 1. The molecule has 0 unspecified atom stereocenters. The van der Waals surface area contributed by atoms with E-state index in [0.717, 1.165) is 29.4 Å². The topological polar surface area (TPSA) is 160 Å². The van der Waals surface area contributed by atoms with Crippen molar-refractivity contribution in [3.63, 3.8) is 0 Å². The number of carbonyl (C=O) groups is 1. The third-order valence-corrected chi connectivity index (χ3v) is 4.97. The molecule has 2 aromatic heterocycles. The molecule has 2 N–H and O–H groups in total. The third-order valence-electron chi connectivity index (χ3n) is 4.97. The summed E-state index contributed by atoms with van der Waals surface area (Å²) in [5.74, 6) is -0.115. The maximum absolute atomic E-state index is 12.0. The Labute approximate surface area is 180 Å². The van der Waals surface area contributed by atoms with Gasteiger partial charge in [-0.3, -0.25) is 35.0 Å². The Hall–Kier alpha value is -4.61. The monoisotopic (exact) mass is 435 g/mol. The summed E-state index contributed by atoms with van der Waals surface area (Å²) in [6.45, 7) is 0.584. The first-order valence-electron chi connectivity index (χ1n) is 9.50. The van der Waals surface area contributed by atoms with Crippen molar-refractivity contribution >= 4 is 29.2 Å². The minimum Gasteiger partial charge on any atom is -0.358 e. The Morgan fingerprint density at radius 3 is 2.69 bits per heavy atom. The number of non-ortho nitro benzene ring substituents is 1. The van der Waals surface area contributed by atoms with Crippen LogP contribution < -0.4 is 10.3 Å². The first kappa shape index (κ1) is 20.7. The maximum atomic E-state index is 12.0. The second-order valence-electron chi connectivity index (χ2n) is 7.01. The molecule has 0 fully saturated rings. The summed E-state index contributed by atoms with van der Waals surface area (Å²) < 4.78 is 0. The first-order valence-corrected chi connectivity index (χ1v) is 9.50. The SMILES string of the molecule is CN(N=Cc1cc(-c2cc3c([nH]2)CCNC3=O)ccn1)c1ccc([N+](=O)[O-])cc1[N+](=O)[O-]. The summed E-state index contributed by atoms with van der Waals surface area (Å²) in [5, 5.41) is 30.5. The number of rotatable bonds is 6. The van der Waals surface area contributed by atoms with Gasteiger partial charge in [-0.1, -0.05) is 0 Å². The highest BCUT2D eigenvalue weighted by Gasteiger charge is 2.22. The van der Waals surface area contributed by atoms with Crippen LogP contribution in [0.3, 0.4) is 0 Å². The molecule has 4 rings (SSSR count). The number of nitrogens with one attached hydrogen (secondary N) is 2. The molecule has 0 radical (unpaired) electrons. The van der Waals surface area contributed by atoms with E-state index in [9.17, 15) is 25.0 Å². The normalized spacial score (nSPS) is 13.0. The van der Waals surface area contributed by atoms with Crippen molar-refractivity contribution in [2.24, 2.45) is 5.10 Å². The molecule has 1 aliphatic heterocycles. The molecule has 0 spiro atoms. The number of hydrazone groups is 1. The van der Waals surface area contributed by atoms with Crippen LogP contribution in [0.4, 0.5) is 17.1 Å². The van der Waals surface area contributed by atoms with Crippen LogP contribution in [0.15, 0.2) is 47.7 Å². The molecule has 3 aromatic rings. The van der Waals surface area contributed by atoms with Gasteiger partial charge in [0.25, 0.3) is 11.6 Å². The predicted molar refractivity (Wildman–Crippen MR) is 116 cm³/mol. The van der Waals surface area contributed by atoms with Gasteiger partial charge >= 0.3 is 5.69 Å². The van der Waals surface area contributed by atoms with E-state index in [0.29, 0.717) is 17.8 Å². The number of aromatic amines is 1. The summed E-state index contributed by atoms with van der Waals surface area (Å²) in [6, 6.07) is 8.67.